The zero-order valence-corrected chi connectivity index (χ0v) is 17.1. The molecule has 3 aromatic rings. The Morgan fingerprint density at radius 3 is 2.32 bits per heavy atom. The van der Waals surface area contributed by atoms with Crippen LogP contribution >= 0.6 is 0 Å². The maximum absolute atomic E-state index is 13.0. The lowest BCUT2D eigenvalue weighted by Gasteiger charge is -2.31. The summed E-state index contributed by atoms with van der Waals surface area (Å²) in [5.74, 6) is 1.33. The number of imidazole rings is 1. The van der Waals surface area contributed by atoms with E-state index in [2.05, 4.69) is 4.98 Å². The SMILES string of the molecule is O=C(c1ccc2c(c1)OCCO2)C1CCN(C(=O)c2ccc(-n3ccnc3)cc2)CC1. The molecule has 0 spiro atoms. The van der Waals surface area contributed by atoms with Crippen molar-refractivity contribution < 1.29 is 19.1 Å². The first kappa shape index (κ1) is 19.4. The van der Waals surface area contributed by atoms with Crippen LogP contribution in [0.4, 0.5) is 0 Å². The number of ether oxygens (including phenoxy) is 2. The zero-order valence-electron chi connectivity index (χ0n) is 17.1. The Kier molecular flexibility index (Phi) is 5.16. The molecule has 2 aliphatic heterocycles. The van der Waals surface area contributed by atoms with Crippen LogP contribution in [0.2, 0.25) is 0 Å². The second kappa shape index (κ2) is 8.26. The van der Waals surface area contributed by atoms with E-state index in [9.17, 15) is 9.59 Å². The molecule has 2 aromatic carbocycles. The Morgan fingerprint density at radius 2 is 1.61 bits per heavy atom. The van der Waals surface area contributed by atoms with Crippen LogP contribution in [0.15, 0.2) is 61.2 Å². The van der Waals surface area contributed by atoms with Crippen LogP contribution < -0.4 is 9.47 Å². The molecule has 1 amide bonds. The Morgan fingerprint density at radius 1 is 0.903 bits per heavy atom. The van der Waals surface area contributed by atoms with E-state index in [0.717, 1.165) is 5.69 Å². The van der Waals surface area contributed by atoms with Gasteiger partial charge in [-0.25, -0.2) is 4.98 Å². The number of carbonyl (C=O) groups is 2. The molecule has 0 saturated carbocycles. The number of ketones is 1. The molecule has 7 nitrogen and oxygen atoms in total. The Labute approximate surface area is 180 Å². The van der Waals surface area contributed by atoms with Crippen molar-refractivity contribution in [2.75, 3.05) is 26.3 Å². The molecule has 31 heavy (non-hydrogen) atoms. The Balaban J connectivity index is 1.21. The van der Waals surface area contributed by atoms with Crippen LogP contribution in [-0.2, 0) is 0 Å². The lowest BCUT2D eigenvalue weighted by Crippen LogP contribution is -2.40. The van der Waals surface area contributed by atoms with E-state index in [4.69, 9.17) is 9.47 Å². The fraction of sp³-hybridized carbons (Fsp3) is 0.292. The van der Waals surface area contributed by atoms with Gasteiger partial charge in [-0.2, -0.15) is 0 Å². The number of rotatable bonds is 4. The molecule has 0 atom stereocenters. The second-order valence-corrected chi connectivity index (χ2v) is 7.81. The van der Waals surface area contributed by atoms with Crippen LogP contribution in [0.25, 0.3) is 5.69 Å². The van der Waals surface area contributed by atoms with E-state index in [-0.39, 0.29) is 17.6 Å². The van der Waals surface area contributed by atoms with Crippen molar-refractivity contribution in [2.24, 2.45) is 5.92 Å². The summed E-state index contributed by atoms with van der Waals surface area (Å²) in [5.41, 5.74) is 2.25. The average molecular weight is 417 g/mol. The number of hydrogen-bond acceptors (Lipinski definition) is 5. The van der Waals surface area contributed by atoms with Gasteiger partial charge in [0.1, 0.15) is 13.2 Å². The minimum Gasteiger partial charge on any atom is -0.486 e. The summed E-state index contributed by atoms with van der Waals surface area (Å²) in [5, 5.41) is 0. The number of likely N-dealkylation sites (tertiary alicyclic amines) is 1. The first-order valence-electron chi connectivity index (χ1n) is 10.5. The molecule has 2 aliphatic rings. The van der Waals surface area contributed by atoms with Gasteiger partial charge in [-0.05, 0) is 55.3 Å². The first-order valence-corrected chi connectivity index (χ1v) is 10.5. The van der Waals surface area contributed by atoms with Gasteiger partial charge in [0, 0.05) is 48.2 Å². The highest BCUT2D eigenvalue weighted by Crippen LogP contribution is 2.32. The lowest BCUT2D eigenvalue weighted by atomic mass is 9.88. The summed E-state index contributed by atoms with van der Waals surface area (Å²) in [6, 6.07) is 12.9. The van der Waals surface area contributed by atoms with Crippen molar-refractivity contribution in [2.45, 2.75) is 12.8 Å². The standard InChI is InChI=1S/C24H23N3O4/c28-23(19-3-6-21-22(15-19)31-14-13-30-21)17-7-10-26(11-8-17)24(29)18-1-4-20(5-2-18)27-12-9-25-16-27/h1-6,9,12,15-17H,7-8,10-11,13-14H2. The van der Waals surface area contributed by atoms with Gasteiger partial charge < -0.3 is 18.9 Å². The van der Waals surface area contributed by atoms with E-state index in [0.29, 0.717) is 61.8 Å². The number of piperidine rings is 1. The van der Waals surface area contributed by atoms with E-state index in [1.165, 1.54) is 0 Å². The monoisotopic (exact) mass is 417 g/mol. The molecule has 0 bridgehead atoms. The second-order valence-electron chi connectivity index (χ2n) is 7.81. The fourth-order valence-corrected chi connectivity index (χ4v) is 4.15. The number of aromatic nitrogens is 2. The zero-order chi connectivity index (χ0) is 21.2. The lowest BCUT2D eigenvalue weighted by molar-refractivity contribution is 0.0650. The predicted molar refractivity (Wildman–Crippen MR) is 114 cm³/mol. The van der Waals surface area contributed by atoms with E-state index < -0.39 is 0 Å². The summed E-state index contributed by atoms with van der Waals surface area (Å²) in [6.45, 7) is 2.17. The topological polar surface area (TPSA) is 73.7 Å². The van der Waals surface area contributed by atoms with Crippen LogP contribution in [0, 0.1) is 5.92 Å². The van der Waals surface area contributed by atoms with Crippen LogP contribution in [0.1, 0.15) is 33.6 Å². The third-order valence-corrected chi connectivity index (χ3v) is 5.90. The van der Waals surface area contributed by atoms with E-state index >= 15 is 0 Å². The highest BCUT2D eigenvalue weighted by Gasteiger charge is 2.29. The highest BCUT2D eigenvalue weighted by molar-refractivity contribution is 5.99. The Bertz CT molecular complexity index is 1080. The van der Waals surface area contributed by atoms with Crippen molar-refractivity contribution in [3.63, 3.8) is 0 Å². The largest absolute Gasteiger partial charge is 0.486 e. The van der Waals surface area contributed by atoms with Gasteiger partial charge in [0.2, 0.25) is 0 Å². The van der Waals surface area contributed by atoms with Gasteiger partial charge in [0.25, 0.3) is 5.91 Å². The summed E-state index contributed by atoms with van der Waals surface area (Å²) in [6.07, 6.45) is 6.62. The van der Waals surface area contributed by atoms with E-state index in [1.807, 2.05) is 39.9 Å². The molecule has 1 aromatic heterocycles. The minimum absolute atomic E-state index is 0.00223. The molecule has 158 valence electrons. The average Bonchev–Trinajstić information content (AvgIpc) is 3.38. The number of nitrogens with zero attached hydrogens (tertiary/aromatic N) is 3. The van der Waals surface area contributed by atoms with Crippen molar-refractivity contribution in [3.8, 4) is 17.2 Å². The molecular weight excluding hydrogens is 394 g/mol. The van der Waals surface area contributed by atoms with Crippen molar-refractivity contribution in [1.82, 2.24) is 14.5 Å². The summed E-state index contributed by atoms with van der Waals surface area (Å²) in [4.78, 5) is 31.7. The summed E-state index contributed by atoms with van der Waals surface area (Å²) >= 11 is 0. The molecule has 0 radical (unpaired) electrons. The third kappa shape index (κ3) is 3.91. The molecule has 0 N–H and O–H groups in total. The third-order valence-electron chi connectivity index (χ3n) is 5.90. The van der Waals surface area contributed by atoms with Gasteiger partial charge in [0.15, 0.2) is 17.3 Å². The van der Waals surface area contributed by atoms with Gasteiger partial charge in [0.05, 0.1) is 6.33 Å². The van der Waals surface area contributed by atoms with E-state index in [1.54, 1.807) is 30.7 Å². The molecule has 1 saturated heterocycles. The van der Waals surface area contributed by atoms with Crippen molar-refractivity contribution in [3.05, 3.63) is 72.3 Å². The van der Waals surface area contributed by atoms with Crippen molar-refractivity contribution >= 4 is 11.7 Å². The normalized spacial score (nSPS) is 16.2. The maximum Gasteiger partial charge on any atom is 0.253 e. The van der Waals surface area contributed by atoms with Gasteiger partial charge in [-0.1, -0.05) is 0 Å². The molecule has 1 fully saturated rings. The smallest absolute Gasteiger partial charge is 0.253 e. The summed E-state index contributed by atoms with van der Waals surface area (Å²) < 4.78 is 13.0. The number of fused-ring (bicyclic) bond motifs is 1. The molecule has 5 rings (SSSR count). The van der Waals surface area contributed by atoms with Crippen LogP contribution in [-0.4, -0.2) is 52.4 Å². The number of benzene rings is 2. The van der Waals surface area contributed by atoms with Crippen LogP contribution in [0.3, 0.4) is 0 Å². The molecular formula is C24H23N3O4. The Hall–Kier alpha value is -3.61. The van der Waals surface area contributed by atoms with Crippen molar-refractivity contribution in [1.29, 1.82) is 0 Å². The predicted octanol–water partition coefficient (Wildman–Crippen LogP) is 3.38. The summed E-state index contributed by atoms with van der Waals surface area (Å²) in [7, 11) is 0. The molecule has 0 unspecified atom stereocenters. The first-order chi connectivity index (χ1) is 15.2. The van der Waals surface area contributed by atoms with Gasteiger partial charge >= 0.3 is 0 Å². The van der Waals surface area contributed by atoms with Crippen LogP contribution in [0.5, 0.6) is 11.5 Å². The number of carbonyl (C=O) groups excluding carboxylic acids is 2. The highest BCUT2D eigenvalue weighted by atomic mass is 16.6. The molecule has 3 heterocycles. The number of amides is 1. The quantitative estimate of drug-likeness (QED) is 0.609. The van der Waals surface area contributed by atoms with Gasteiger partial charge in [-0.15, -0.1) is 0 Å². The molecule has 7 heteroatoms. The molecule has 0 aliphatic carbocycles. The number of hydrogen-bond donors (Lipinski definition) is 0. The maximum atomic E-state index is 13.0. The fourth-order valence-electron chi connectivity index (χ4n) is 4.15. The van der Waals surface area contributed by atoms with Gasteiger partial charge in [-0.3, -0.25) is 9.59 Å². The number of Topliss-reactive ketones (excluding diaryl/α,β-unsaturated/α-hetero) is 1. The minimum atomic E-state index is -0.0878.